The average molecular weight is 483 g/mol. The quantitative estimate of drug-likeness (QED) is 0.377. The third-order valence-electron chi connectivity index (χ3n) is 4.05. The molecule has 3 aromatic rings. The van der Waals surface area contributed by atoms with Crippen molar-refractivity contribution in [3.05, 3.63) is 94.0 Å². The number of anilines is 1. The largest absolute Gasteiger partial charge is 0.462 e. The average Bonchev–Trinajstić information content (AvgIpc) is 3.21. The lowest BCUT2D eigenvalue weighted by Gasteiger charge is -2.11. The fourth-order valence-corrected chi connectivity index (χ4v) is 2.90. The van der Waals surface area contributed by atoms with Gasteiger partial charge in [0.25, 0.3) is 11.8 Å². The van der Waals surface area contributed by atoms with Gasteiger partial charge in [0.15, 0.2) is 10.4 Å². The van der Waals surface area contributed by atoms with Crippen molar-refractivity contribution in [3.63, 3.8) is 0 Å². The number of benzene rings is 2. The van der Waals surface area contributed by atoms with Crippen molar-refractivity contribution in [1.29, 1.82) is 0 Å². The van der Waals surface area contributed by atoms with Gasteiger partial charge in [-0.15, -0.1) is 0 Å². The third kappa shape index (κ3) is 6.16. The summed E-state index contributed by atoms with van der Waals surface area (Å²) >= 11 is 3.15. The number of amides is 2. The van der Waals surface area contributed by atoms with E-state index in [1.807, 2.05) is 18.2 Å². The molecular weight excluding hydrogens is 464 g/mol. The van der Waals surface area contributed by atoms with E-state index in [2.05, 4.69) is 26.6 Å². The first-order valence-electron chi connectivity index (χ1n) is 9.38. The van der Waals surface area contributed by atoms with Crippen LogP contribution in [0.3, 0.4) is 0 Å². The minimum atomic E-state index is -0.569. The summed E-state index contributed by atoms with van der Waals surface area (Å²) < 4.78 is 10.6. The zero-order chi connectivity index (χ0) is 22.2. The first kappa shape index (κ1) is 22.0. The lowest BCUT2D eigenvalue weighted by atomic mass is 10.1. The Morgan fingerprint density at radius 2 is 1.71 bits per heavy atom. The number of hydrogen-bond acceptors (Lipinski definition) is 5. The van der Waals surface area contributed by atoms with E-state index in [0.717, 1.165) is 5.56 Å². The number of furan rings is 1. The van der Waals surface area contributed by atoms with Gasteiger partial charge in [-0.2, -0.15) is 0 Å². The summed E-state index contributed by atoms with van der Waals surface area (Å²) in [5.74, 6) is -1.49. The van der Waals surface area contributed by atoms with Crippen LogP contribution in [0, 0.1) is 0 Å². The molecule has 2 aromatic carbocycles. The van der Waals surface area contributed by atoms with Gasteiger partial charge in [0.1, 0.15) is 5.70 Å². The highest BCUT2D eigenvalue weighted by molar-refractivity contribution is 9.10. The molecule has 3 rings (SSSR count). The van der Waals surface area contributed by atoms with Gasteiger partial charge in [0.05, 0.1) is 12.2 Å². The molecule has 7 nitrogen and oxygen atoms in total. The summed E-state index contributed by atoms with van der Waals surface area (Å²) in [6.07, 6.45) is 1.55. The van der Waals surface area contributed by atoms with Gasteiger partial charge in [-0.05, 0) is 70.9 Å². The van der Waals surface area contributed by atoms with Crippen molar-refractivity contribution in [2.75, 3.05) is 11.9 Å². The summed E-state index contributed by atoms with van der Waals surface area (Å²) in [6, 6.07) is 18.4. The number of rotatable bonds is 7. The van der Waals surface area contributed by atoms with E-state index in [1.54, 1.807) is 55.5 Å². The van der Waals surface area contributed by atoms with Crippen LogP contribution in [-0.4, -0.2) is 24.4 Å². The Balaban J connectivity index is 1.79. The van der Waals surface area contributed by atoms with Crippen LogP contribution in [0.2, 0.25) is 0 Å². The lowest BCUT2D eigenvalue weighted by molar-refractivity contribution is -0.113. The number of ether oxygens (including phenoxy) is 1. The Labute approximate surface area is 187 Å². The van der Waals surface area contributed by atoms with Crippen LogP contribution in [0.15, 0.2) is 81.5 Å². The maximum Gasteiger partial charge on any atom is 0.338 e. The number of hydrogen-bond donors (Lipinski definition) is 2. The van der Waals surface area contributed by atoms with E-state index < -0.39 is 17.8 Å². The highest BCUT2D eigenvalue weighted by Crippen LogP contribution is 2.16. The Morgan fingerprint density at radius 3 is 2.32 bits per heavy atom. The molecule has 31 heavy (non-hydrogen) atoms. The number of carbonyl (C=O) groups is 3. The molecule has 0 radical (unpaired) electrons. The van der Waals surface area contributed by atoms with Crippen molar-refractivity contribution in [2.24, 2.45) is 0 Å². The second kappa shape index (κ2) is 10.4. The maximum atomic E-state index is 12.9. The van der Waals surface area contributed by atoms with Gasteiger partial charge in [-0.3, -0.25) is 9.59 Å². The SMILES string of the molecule is CCOC(=O)c1ccc(NC(=O)C(=Cc2ccccc2)NC(=O)c2ccc(Br)o2)cc1. The van der Waals surface area contributed by atoms with E-state index in [9.17, 15) is 14.4 Å². The Hall–Kier alpha value is -3.65. The summed E-state index contributed by atoms with van der Waals surface area (Å²) in [5, 5.41) is 5.29. The van der Waals surface area contributed by atoms with Gasteiger partial charge in [0, 0.05) is 5.69 Å². The number of esters is 1. The normalized spacial score (nSPS) is 11.0. The molecule has 8 heteroatoms. The zero-order valence-electron chi connectivity index (χ0n) is 16.6. The summed E-state index contributed by atoms with van der Waals surface area (Å²) in [7, 11) is 0. The standard InChI is InChI=1S/C23H19BrN2O5/c1-2-30-23(29)16-8-10-17(11-9-16)25-21(27)18(14-15-6-4-3-5-7-15)26-22(28)19-12-13-20(24)31-19/h3-14H,2H2,1H3,(H,25,27)(H,26,28). The summed E-state index contributed by atoms with van der Waals surface area (Å²) in [4.78, 5) is 37.2. The Kier molecular flexibility index (Phi) is 7.40. The highest BCUT2D eigenvalue weighted by atomic mass is 79.9. The van der Waals surface area contributed by atoms with Gasteiger partial charge in [-0.25, -0.2) is 4.79 Å². The smallest absolute Gasteiger partial charge is 0.338 e. The van der Waals surface area contributed by atoms with Crippen molar-refractivity contribution in [1.82, 2.24) is 5.32 Å². The van der Waals surface area contributed by atoms with E-state index in [0.29, 0.717) is 15.9 Å². The molecule has 2 amide bonds. The molecule has 0 aliphatic rings. The van der Waals surface area contributed by atoms with Crippen LogP contribution in [-0.2, 0) is 9.53 Å². The van der Waals surface area contributed by atoms with Gasteiger partial charge >= 0.3 is 5.97 Å². The van der Waals surface area contributed by atoms with Crippen LogP contribution in [0.5, 0.6) is 0 Å². The maximum absolute atomic E-state index is 12.9. The minimum Gasteiger partial charge on any atom is -0.462 e. The van der Waals surface area contributed by atoms with E-state index in [-0.39, 0.29) is 18.1 Å². The second-order valence-electron chi connectivity index (χ2n) is 6.28. The Morgan fingerprint density at radius 1 is 1.00 bits per heavy atom. The summed E-state index contributed by atoms with van der Waals surface area (Å²) in [6.45, 7) is 2.00. The lowest BCUT2D eigenvalue weighted by Crippen LogP contribution is -2.30. The summed E-state index contributed by atoms with van der Waals surface area (Å²) in [5.41, 5.74) is 1.58. The van der Waals surface area contributed by atoms with Crippen LogP contribution in [0.25, 0.3) is 6.08 Å². The topological polar surface area (TPSA) is 97.6 Å². The van der Waals surface area contributed by atoms with Crippen LogP contribution in [0.1, 0.15) is 33.4 Å². The number of carbonyl (C=O) groups excluding carboxylic acids is 3. The van der Waals surface area contributed by atoms with Crippen molar-refractivity contribution < 1.29 is 23.5 Å². The van der Waals surface area contributed by atoms with Crippen molar-refractivity contribution in [2.45, 2.75) is 6.92 Å². The molecule has 0 bridgehead atoms. The monoisotopic (exact) mass is 482 g/mol. The molecule has 0 atom stereocenters. The molecular formula is C23H19BrN2O5. The van der Waals surface area contributed by atoms with Gasteiger partial charge < -0.3 is 19.8 Å². The fraction of sp³-hybridized carbons (Fsp3) is 0.0870. The van der Waals surface area contributed by atoms with Gasteiger partial charge in [-0.1, -0.05) is 30.3 Å². The van der Waals surface area contributed by atoms with Crippen LogP contribution < -0.4 is 10.6 Å². The first-order valence-corrected chi connectivity index (χ1v) is 10.2. The van der Waals surface area contributed by atoms with Crippen molar-refractivity contribution >= 4 is 45.5 Å². The van der Waals surface area contributed by atoms with Crippen molar-refractivity contribution in [3.8, 4) is 0 Å². The molecule has 0 spiro atoms. The molecule has 0 aliphatic heterocycles. The van der Waals surface area contributed by atoms with Crippen LogP contribution >= 0.6 is 15.9 Å². The molecule has 0 unspecified atom stereocenters. The molecule has 0 saturated heterocycles. The van der Waals surface area contributed by atoms with Gasteiger partial charge in [0.2, 0.25) is 0 Å². The number of halogens is 1. The second-order valence-corrected chi connectivity index (χ2v) is 7.06. The van der Waals surface area contributed by atoms with Crippen LogP contribution in [0.4, 0.5) is 5.69 Å². The molecule has 1 heterocycles. The molecule has 2 N–H and O–H groups in total. The predicted octanol–water partition coefficient (Wildman–Crippen LogP) is 4.63. The van der Waals surface area contributed by atoms with E-state index in [4.69, 9.17) is 9.15 Å². The number of nitrogens with one attached hydrogen (secondary N) is 2. The molecule has 0 aliphatic carbocycles. The molecule has 158 valence electrons. The third-order valence-corrected chi connectivity index (χ3v) is 4.48. The van der Waals surface area contributed by atoms with E-state index in [1.165, 1.54) is 6.07 Å². The highest BCUT2D eigenvalue weighted by Gasteiger charge is 2.17. The predicted molar refractivity (Wildman–Crippen MR) is 119 cm³/mol. The molecule has 0 saturated carbocycles. The minimum absolute atomic E-state index is 0.0261. The zero-order valence-corrected chi connectivity index (χ0v) is 18.1. The molecule has 1 aromatic heterocycles. The Bertz CT molecular complexity index is 1100. The fourth-order valence-electron chi connectivity index (χ4n) is 2.60. The molecule has 0 fully saturated rings. The first-order chi connectivity index (χ1) is 15.0. The van der Waals surface area contributed by atoms with E-state index >= 15 is 0 Å².